The summed E-state index contributed by atoms with van der Waals surface area (Å²) in [5, 5.41) is 0. The molecule has 1 saturated heterocycles. The van der Waals surface area contributed by atoms with E-state index in [1.807, 2.05) is 38.1 Å². The van der Waals surface area contributed by atoms with E-state index in [2.05, 4.69) is 21.8 Å². The molecule has 2 heterocycles. The topological polar surface area (TPSA) is 64.3 Å². The summed E-state index contributed by atoms with van der Waals surface area (Å²) in [6.45, 7) is 8.14. The second kappa shape index (κ2) is 6.44. The summed E-state index contributed by atoms with van der Waals surface area (Å²) in [6.07, 6.45) is 2.42. The first-order chi connectivity index (χ1) is 11.0. The zero-order chi connectivity index (χ0) is 16.4. The van der Waals surface area contributed by atoms with Crippen LogP contribution in [-0.4, -0.2) is 23.1 Å². The Morgan fingerprint density at radius 3 is 2.61 bits per heavy atom. The molecule has 5 heteroatoms. The maximum Gasteiger partial charge on any atom is 0.248 e. The number of rotatable bonds is 3. The van der Waals surface area contributed by atoms with Gasteiger partial charge < -0.3 is 15.4 Å². The smallest absolute Gasteiger partial charge is 0.248 e. The fourth-order valence-electron chi connectivity index (χ4n) is 2.96. The summed E-state index contributed by atoms with van der Waals surface area (Å²) in [5.74, 6) is 3.30. The van der Waals surface area contributed by atoms with E-state index in [9.17, 15) is 0 Å². The van der Waals surface area contributed by atoms with Crippen LogP contribution in [0.15, 0.2) is 24.3 Å². The first-order valence-electron chi connectivity index (χ1n) is 8.16. The molecule has 1 aliphatic heterocycles. The van der Waals surface area contributed by atoms with Crippen molar-refractivity contribution >= 4 is 11.5 Å². The summed E-state index contributed by atoms with van der Waals surface area (Å²) in [6, 6.07) is 7.86. The average molecular weight is 312 g/mol. The van der Waals surface area contributed by atoms with Crippen LogP contribution in [0.5, 0.6) is 11.6 Å². The highest BCUT2D eigenvalue weighted by Gasteiger charge is 2.22. The number of piperidine rings is 1. The highest BCUT2D eigenvalue weighted by atomic mass is 16.5. The number of nitrogen functional groups attached to an aromatic ring is 1. The minimum absolute atomic E-state index is 0.439. The zero-order valence-electron chi connectivity index (χ0n) is 14.0. The molecule has 2 N–H and O–H groups in total. The molecular weight excluding hydrogens is 288 g/mol. The van der Waals surface area contributed by atoms with E-state index >= 15 is 0 Å². The standard InChI is InChI=1S/C18H24N4O/c1-12-6-8-15(9-7-12)23-18-16(19)17(20-14(3)21-18)22-10-4-5-13(2)11-22/h6-9,13H,4-5,10-11,19H2,1-3H3/t13-/m0/s1. The van der Waals surface area contributed by atoms with E-state index in [1.54, 1.807) is 0 Å². The second-order valence-electron chi connectivity index (χ2n) is 6.42. The molecule has 2 aromatic rings. The first-order valence-corrected chi connectivity index (χ1v) is 8.16. The predicted octanol–water partition coefficient (Wildman–Crippen LogP) is 3.70. The van der Waals surface area contributed by atoms with Gasteiger partial charge >= 0.3 is 0 Å². The lowest BCUT2D eigenvalue weighted by Crippen LogP contribution is -2.35. The van der Waals surface area contributed by atoms with E-state index in [0.29, 0.717) is 23.3 Å². The molecule has 1 atom stereocenters. The summed E-state index contributed by atoms with van der Waals surface area (Å²) in [7, 11) is 0. The maximum absolute atomic E-state index is 6.31. The Balaban J connectivity index is 1.90. The van der Waals surface area contributed by atoms with Gasteiger partial charge in [0, 0.05) is 13.1 Å². The molecule has 23 heavy (non-hydrogen) atoms. The van der Waals surface area contributed by atoms with Crippen LogP contribution in [0.25, 0.3) is 0 Å². The Morgan fingerprint density at radius 2 is 1.91 bits per heavy atom. The third kappa shape index (κ3) is 3.55. The lowest BCUT2D eigenvalue weighted by atomic mass is 10.0. The Bertz CT molecular complexity index is 684. The van der Waals surface area contributed by atoms with Crippen molar-refractivity contribution in [1.82, 2.24) is 9.97 Å². The molecule has 3 rings (SSSR count). The van der Waals surface area contributed by atoms with Crippen LogP contribution in [0.2, 0.25) is 0 Å². The fraction of sp³-hybridized carbons (Fsp3) is 0.444. The van der Waals surface area contributed by atoms with E-state index in [4.69, 9.17) is 10.5 Å². The van der Waals surface area contributed by atoms with Crippen LogP contribution in [0.4, 0.5) is 11.5 Å². The van der Waals surface area contributed by atoms with Gasteiger partial charge in [0.25, 0.3) is 0 Å². The van der Waals surface area contributed by atoms with Gasteiger partial charge in [0.1, 0.15) is 17.3 Å². The summed E-state index contributed by atoms with van der Waals surface area (Å²) in [5.41, 5.74) is 8.02. The van der Waals surface area contributed by atoms with Gasteiger partial charge in [0.2, 0.25) is 5.88 Å². The number of nitrogens with two attached hydrogens (primary N) is 1. The predicted molar refractivity (Wildman–Crippen MR) is 93.0 cm³/mol. The monoisotopic (exact) mass is 312 g/mol. The molecule has 0 saturated carbocycles. The number of hydrogen-bond donors (Lipinski definition) is 1. The highest BCUT2D eigenvalue weighted by molar-refractivity contribution is 5.69. The van der Waals surface area contributed by atoms with Crippen LogP contribution in [-0.2, 0) is 0 Å². The van der Waals surface area contributed by atoms with Gasteiger partial charge in [0.15, 0.2) is 5.82 Å². The van der Waals surface area contributed by atoms with Gasteiger partial charge in [0.05, 0.1) is 0 Å². The molecule has 1 aromatic carbocycles. The number of anilines is 2. The van der Waals surface area contributed by atoms with E-state index in [0.717, 1.165) is 31.1 Å². The van der Waals surface area contributed by atoms with Crippen LogP contribution < -0.4 is 15.4 Å². The molecule has 0 amide bonds. The van der Waals surface area contributed by atoms with E-state index in [1.165, 1.54) is 12.0 Å². The number of aromatic nitrogens is 2. The number of nitrogens with zero attached hydrogens (tertiary/aromatic N) is 3. The van der Waals surface area contributed by atoms with E-state index in [-0.39, 0.29) is 0 Å². The first kappa shape index (κ1) is 15.6. The number of hydrogen-bond acceptors (Lipinski definition) is 5. The van der Waals surface area contributed by atoms with Gasteiger partial charge in [-0.2, -0.15) is 4.98 Å². The van der Waals surface area contributed by atoms with Gasteiger partial charge in [-0.3, -0.25) is 0 Å². The van der Waals surface area contributed by atoms with Gasteiger partial charge in [-0.15, -0.1) is 0 Å². The molecular formula is C18H24N4O. The molecule has 0 radical (unpaired) electrons. The van der Waals surface area contributed by atoms with E-state index < -0.39 is 0 Å². The van der Waals surface area contributed by atoms with Crippen LogP contribution in [0.3, 0.4) is 0 Å². The average Bonchev–Trinajstić information content (AvgIpc) is 2.52. The second-order valence-corrected chi connectivity index (χ2v) is 6.42. The maximum atomic E-state index is 6.31. The van der Waals surface area contributed by atoms with Crippen LogP contribution >= 0.6 is 0 Å². The zero-order valence-corrected chi connectivity index (χ0v) is 14.0. The Morgan fingerprint density at radius 1 is 1.17 bits per heavy atom. The van der Waals surface area contributed by atoms with Crippen molar-refractivity contribution in [2.75, 3.05) is 23.7 Å². The number of benzene rings is 1. The molecule has 0 unspecified atom stereocenters. The number of ether oxygens (including phenoxy) is 1. The molecule has 0 bridgehead atoms. The largest absolute Gasteiger partial charge is 0.437 e. The summed E-state index contributed by atoms with van der Waals surface area (Å²) < 4.78 is 5.90. The van der Waals surface area contributed by atoms with Crippen molar-refractivity contribution in [3.8, 4) is 11.6 Å². The van der Waals surface area contributed by atoms with Crippen molar-refractivity contribution < 1.29 is 4.74 Å². The van der Waals surface area contributed by atoms with Crippen molar-refractivity contribution in [3.05, 3.63) is 35.7 Å². The van der Waals surface area contributed by atoms with Crippen molar-refractivity contribution in [2.45, 2.75) is 33.6 Å². The Labute approximate surface area is 137 Å². The summed E-state index contributed by atoms with van der Waals surface area (Å²) >= 11 is 0. The minimum Gasteiger partial charge on any atom is -0.437 e. The lowest BCUT2D eigenvalue weighted by Gasteiger charge is -2.32. The van der Waals surface area contributed by atoms with Gasteiger partial charge in [-0.25, -0.2) is 4.98 Å². The molecule has 5 nitrogen and oxygen atoms in total. The minimum atomic E-state index is 0.439. The molecule has 1 aliphatic rings. The molecule has 1 fully saturated rings. The normalized spacial score (nSPS) is 18.0. The van der Waals surface area contributed by atoms with Crippen LogP contribution in [0, 0.1) is 19.8 Å². The lowest BCUT2D eigenvalue weighted by molar-refractivity contribution is 0.440. The molecule has 122 valence electrons. The highest BCUT2D eigenvalue weighted by Crippen LogP contribution is 2.34. The van der Waals surface area contributed by atoms with Crippen molar-refractivity contribution in [1.29, 1.82) is 0 Å². The third-order valence-electron chi connectivity index (χ3n) is 4.19. The number of aryl methyl sites for hydroxylation is 2. The molecule has 0 aliphatic carbocycles. The quantitative estimate of drug-likeness (QED) is 0.936. The third-order valence-corrected chi connectivity index (χ3v) is 4.19. The van der Waals surface area contributed by atoms with Crippen LogP contribution in [0.1, 0.15) is 31.2 Å². The molecule has 0 spiro atoms. The fourth-order valence-corrected chi connectivity index (χ4v) is 2.96. The van der Waals surface area contributed by atoms with Crippen molar-refractivity contribution in [2.24, 2.45) is 5.92 Å². The molecule has 1 aromatic heterocycles. The van der Waals surface area contributed by atoms with Gasteiger partial charge in [-0.05, 0) is 44.7 Å². The van der Waals surface area contributed by atoms with Crippen molar-refractivity contribution in [3.63, 3.8) is 0 Å². The SMILES string of the molecule is Cc1ccc(Oc2nc(C)nc(N3CCC[C@H](C)C3)c2N)cc1. The Kier molecular flexibility index (Phi) is 4.37. The summed E-state index contributed by atoms with van der Waals surface area (Å²) in [4.78, 5) is 11.2. The van der Waals surface area contributed by atoms with Gasteiger partial charge in [-0.1, -0.05) is 24.6 Å². The Hall–Kier alpha value is -2.30.